The summed E-state index contributed by atoms with van der Waals surface area (Å²) in [6, 6.07) is 57.1. The van der Waals surface area contributed by atoms with Crippen LogP contribution in [0.1, 0.15) is 88.8 Å². The maximum atomic E-state index is 2.47. The molecule has 0 spiro atoms. The molecule has 0 aromatic heterocycles. The lowest BCUT2D eigenvalue weighted by molar-refractivity contribution is 0.645. The van der Waals surface area contributed by atoms with Crippen LogP contribution in [0.4, 0.5) is 17.1 Å². The van der Waals surface area contributed by atoms with Crippen molar-refractivity contribution in [1.29, 1.82) is 0 Å². The lowest BCUT2D eigenvalue weighted by Gasteiger charge is -2.37. The van der Waals surface area contributed by atoms with E-state index in [0.717, 1.165) is 0 Å². The Kier molecular flexibility index (Phi) is 12.0. The lowest BCUT2D eigenvalue weighted by atomic mass is 9.67. The topological polar surface area (TPSA) is 3.24 Å². The van der Waals surface area contributed by atoms with Crippen LogP contribution >= 0.6 is 0 Å². The summed E-state index contributed by atoms with van der Waals surface area (Å²) >= 11 is 0. The van der Waals surface area contributed by atoms with Crippen molar-refractivity contribution in [1.82, 2.24) is 0 Å². The molecule has 0 unspecified atom stereocenters. The van der Waals surface area contributed by atoms with Crippen LogP contribution in [-0.4, -0.2) is 0 Å². The molecule has 1 aliphatic rings. The van der Waals surface area contributed by atoms with Crippen molar-refractivity contribution < 1.29 is 0 Å². The van der Waals surface area contributed by atoms with Gasteiger partial charge in [-0.2, -0.15) is 0 Å². The van der Waals surface area contributed by atoms with Crippen molar-refractivity contribution >= 4 is 49.4 Å². The third-order valence-corrected chi connectivity index (χ3v) is 12.2. The summed E-state index contributed by atoms with van der Waals surface area (Å²) in [5, 5.41) is 8.05. The van der Waals surface area contributed by atoms with E-state index in [0.29, 0.717) is 0 Å². The van der Waals surface area contributed by atoms with Gasteiger partial charge in [0.05, 0.1) is 0 Å². The fraction of sp³-hybridized carbons (Fsp3) is 0.220. The first-order valence-corrected chi connectivity index (χ1v) is 22.2. The van der Waals surface area contributed by atoms with Gasteiger partial charge in [-0.3, -0.25) is 0 Å². The Balaban J connectivity index is 0.000000871. The maximum Gasteiger partial charge on any atom is 0.0491 e. The second-order valence-electron chi connectivity index (χ2n) is 16.0. The van der Waals surface area contributed by atoms with Gasteiger partial charge in [-0.05, 0) is 146 Å². The molecular formula is C59H61N. The summed E-state index contributed by atoms with van der Waals surface area (Å²) in [4.78, 5) is 2.47. The summed E-state index contributed by atoms with van der Waals surface area (Å²) in [6.45, 7) is 25.7. The highest BCUT2D eigenvalue weighted by Gasteiger charge is 2.35. The maximum absolute atomic E-state index is 2.47. The number of aryl methyl sites for hydroxylation is 4. The molecular weight excluding hydrogens is 723 g/mol. The van der Waals surface area contributed by atoms with Crippen LogP contribution in [0, 0.1) is 27.7 Å². The summed E-state index contributed by atoms with van der Waals surface area (Å²) in [5.41, 5.74) is 18.9. The predicted octanol–water partition coefficient (Wildman–Crippen LogP) is 18.0. The number of benzene rings is 9. The molecule has 0 saturated heterocycles. The lowest BCUT2D eigenvalue weighted by Crippen LogP contribution is -2.24. The number of hydrogen-bond acceptors (Lipinski definition) is 1. The minimum absolute atomic E-state index is 0.215. The van der Waals surface area contributed by atoms with Gasteiger partial charge in [0.15, 0.2) is 0 Å². The van der Waals surface area contributed by atoms with Crippen molar-refractivity contribution in [3.8, 4) is 33.4 Å². The predicted molar refractivity (Wildman–Crippen MR) is 266 cm³/mol. The first-order chi connectivity index (χ1) is 29.2. The van der Waals surface area contributed by atoms with Gasteiger partial charge in [0, 0.05) is 22.5 Å². The molecule has 60 heavy (non-hydrogen) atoms. The Bertz CT molecular complexity index is 2880. The van der Waals surface area contributed by atoms with E-state index in [1.54, 1.807) is 0 Å². The average Bonchev–Trinajstić information content (AvgIpc) is 3.28. The molecule has 0 heterocycles. The second kappa shape index (κ2) is 17.2. The van der Waals surface area contributed by atoms with E-state index in [-0.39, 0.29) is 5.41 Å². The number of nitrogens with zero attached hydrogens (tertiary/aromatic N) is 1. The van der Waals surface area contributed by atoms with E-state index in [1.165, 1.54) is 116 Å². The highest BCUT2D eigenvalue weighted by atomic mass is 15.1. The molecule has 1 aliphatic carbocycles. The van der Waals surface area contributed by atoms with E-state index in [9.17, 15) is 0 Å². The first-order valence-electron chi connectivity index (χ1n) is 22.2. The Morgan fingerprint density at radius 1 is 0.383 bits per heavy atom. The van der Waals surface area contributed by atoms with Crippen molar-refractivity contribution in [3.05, 3.63) is 185 Å². The molecule has 0 amide bonds. The summed E-state index contributed by atoms with van der Waals surface area (Å²) in [7, 11) is 0. The zero-order chi connectivity index (χ0) is 42.9. The van der Waals surface area contributed by atoms with Gasteiger partial charge < -0.3 is 4.90 Å². The van der Waals surface area contributed by atoms with Gasteiger partial charge in [0.2, 0.25) is 0 Å². The van der Waals surface area contributed by atoms with Crippen molar-refractivity contribution in [3.63, 3.8) is 0 Å². The summed E-state index contributed by atoms with van der Waals surface area (Å²) in [5.74, 6) is 0. The fourth-order valence-corrected chi connectivity index (χ4v) is 9.46. The van der Waals surface area contributed by atoms with Crippen LogP contribution in [0.2, 0.25) is 0 Å². The third-order valence-electron chi connectivity index (χ3n) is 12.2. The van der Waals surface area contributed by atoms with E-state index in [4.69, 9.17) is 0 Å². The van der Waals surface area contributed by atoms with Crippen LogP contribution in [-0.2, 0) is 5.41 Å². The Hall–Kier alpha value is -6.18. The van der Waals surface area contributed by atoms with Crippen LogP contribution in [0.3, 0.4) is 0 Å². The first kappa shape index (κ1) is 42.0. The standard InChI is InChI=1S/C53H43N.3C2H6/c1-32-12-26-48(34(3)28-32)54(49-27-13-33(2)29-35(49)4)41-21-24-43-45-30-40-19-22-42(38-16-14-37(15-17-38)36-10-8-7-9-11-36)44-23-18-39-20-25-46(52(45)51(39)50(40)44)53(5,6)47(43)31-41;3*1-2/h7-31H,1-6H3;3*1-2H3. The number of hydrogen-bond donors (Lipinski definition) is 0. The molecule has 1 nitrogen and oxygen atoms in total. The van der Waals surface area contributed by atoms with Crippen LogP contribution < -0.4 is 4.90 Å². The van der Waals surface area contributed by atoms with Crippen LogP contribution in [0.25, 0.3) is 65.7 Å². The Morgan fingerprint density at radius 3 is 1.55 bits per heavy atom. The molecule has 10 rings (SSSR count). The van der Waals surface area contributed by atoms with Crippen molar-refractivity contribution in [2.24, 2.45) is 0 Å². The fourth-order valence-electron chi connectivity index (χ4n) is 9.46. The molecule has 9 aromatic carbocycles. The molecule has 0 radical (unpaired) electrons. The molecule has 0 fully saturated rings. The zero-order valence-electron chi connectivity index (χ0n) is 37.9. The normalized spacial score (nSPS) is 12.1. The highest BCUT2D eigenvalue weighted by molar-refractivity contribution is 6.29. The molecule has 0 bridgehead atoms. The molecule has 9 aromatic rings. The van der Waals surface area contributed by atoms with Gasteiger partial charge in [-0.15, -0.1) is 0 Å². The number of fused-ring (bicyclic) bond motifs is 2. The van der Waals surface area contributed by atoms with Gasteiger partial charge in [0.1, 0.15) is 0 Å². The van der Waals surface area contributed by atoms with Gasteiger partial charge in [-0.1, -0.05) is 188 Å². The number of rotatable bonds is 5. The number of anilines is 3. The largest absolute Gasteiger partial charge is 0.310 e. The third kappa shape index (κ3) is 7.05. The molecule has 1 heteroatoms. The van der Waals surface area contributed by atoms with E-state index >= 15 is 0 Å². The molecule has 0 aliphatic heterocycles. The summed E-state index contributed by atoms with van der Waals surface area (Å²) in [6.07, 6.45) is 0. The molecule has 0 saturated carbocycles. The quantitative estimate of drug-likeness (QED) is 0.157. The Morgan fingerprint density at radius 2 is 0.933 bits per heavy atom. The minimum Gasteiger partial charge on any atom is -0.310 e. The molecule has 0 atom stereocenters. The SMILES string of the molecule is CC.CC.CC.Cc1ccc(N(c2ccc3c(c2)C(C)(C)c2ccc4ccc5c(-c6ccc(-c7ccccc7)cc6)ccc6cc-3c2c4c65)c2ccc(C)cc2C)c(C)c1. The van der Waals surface area contributed by atoms with Gasteiger partial charge in [-0.25, -0.2) is 0 Å². The zero-order valence-corrected chi connectivity index (χ0v) is 37.9. The Labute approximate surface area is 359 Å². The van der Waals surface area contributed by atoms with Crippen molar-refractivity contribution in [2.45, 2.75) is 88.5 Å². The van der Waals surface area contributed by atoms with Gasteiger partial charge >= 0.3 is 0 Å². The smallest absolute Gasteiger partial charge is 0.0491 e. The minimum atomic E-state index is -0.215. The molecule has 302 valence electrons. The van der Waals surface area contributed by atoms with E-state index in [2.05, 4.69) is 198 Å². The highest BCUT2D eigenvalue weighted by Crippen LogP contribution is 2.54. The summed E-state index contributed by atoms with van der Waals surface area (Å²) < 4.78 is 0. The van der Waals surface area contributed by atoms with Crippen LogP contribution in [0.15, 0.2) is 152 Å². The van der Waals surface area contributed by atoms with Crippen LogP contribution in [0.5, 0.6) is 0 Å². The van der Waals surface area contributed by atoms with E-state index < -0.39 is 0 Å². The second-order valence-corrected chi connectivity index (χ2v) is 16.0. The monoisotopic (exact) mass is 783 g/mol. The molecule has 0 N–H and O–H groups in total. The van der Waals surface area contributed by atoms with Gasteiger partial charge in [0.25, 0.3) is 0 Å². The van der Waals surface area contributed by atoms with E-state index in [1.807, 2.05) is 41.5 Å². The average molecular weight is 784 g/mol. The van der Waals surface area contributed by atoms with Crippen molar-refractivity contribution in [2.75, 3.05) is 4.90 Å².